The Morgan fingerprint density at radius 2 is 2.05 bits per heavy atom. The number of amidine groups is 1. The molecule has 1 heterocycles. The predicted octanol–water partition coefficient (Wildman–Crippen LogP) is 1.97. The van der Waals surface area contributed by atoms with E-state index in [1.54, 1.807) is 0 Å². The van der Waals surface area contributed by atoms with E-state index in [1.807, 2.05) is 6.07 Å². The Morgan fingerprint density at radius 1 is 1.33 bits per heavy atom. The summed E-state index contributed by atoms with van der Waals surface area (Å²) in [4.78, 5) is 6.92. The van der Waals surface area contributed by atoms with E-state index in [0.29, 0.717) is 18.1 Å². The van der Waals surface area contributed by atoms with Gasteiger partial charge in [-0.2, -0.15) is 0 Å². The fourth-order valence-corrected chi connectivity index (χ4v) is 2.73. The van der Waals surface area contributed by atoms with Crippen LogP contribution in [0.4, 0.5) is 0 Å². The number of nitrogen functional groups attached to an aromatic ring is 1. The number of hydrogen-bond acceptors (Lipinski definition) is 4. The molecular weight excluding hydrogens is 264 g/mol. The second kappa shape index (κ2) is 7.41. The summed E-state index contributed by atoms with van der Waals surface area (Å²) < 4.78 is 5.83. The molecule has 1 aliphatic rings. The summed E-state index contributed by atoms with van der Waals surface area (Å²) in [7, 11) is 0. The maximum atomic E-state index is 7.73. The first-order valence-electron chi connectivity index (χ1n) is 7.88. The van der Waals surface area contributed by atoms with Crippen LogP contribution in [0.15, 0.2) is 6.07 Å². The van der Waals surface area contributed by atoms with Gasteiger partial charge in [-0.3, -0.25) is 5.41 Å². The monoisotopic (exact) mass is 290 g/mol. The topological polar surface area (TPSA) is 75.2 Å². The van der Waals surface area contributed by atoms with Gasteiger partial charge in [0.2, 0.25) is 5.88 Å². The number of nitrogens with zero attached hydrogens (tertiary/aromatic N) is 2. The minimum atomic E-state index is 0.0358. The van der Waals surface area contributed by atoms with Gasteiger partial charge in [0.1, 0.15) is 12.4 Å². The highest BCUT2D eigenvalue weighted by atomic mass is 16.5. The van der Waals surface area contributed by atoms with Gasteiger partial charge in [0.05, 0.1) is 5.56 Å². The smallest absolute Gasteiger partial charge is 0.224 e. The standard InChI is InChI=1S/C16H26N4O/c1-3-20(4-2)9-10-21-16-13(15(17)18)11-12-7-5-6-8-14(12)19-16/h11H,3-10H2,1-2H3,(H3,17,18). The SMILES string of the molecule is CCN(CC)CCOc1nc2c(cc1C(=N)N)CCCC2. The van der Waals surface area contributed by atoms with Crippen LogP contribution in [0.5, 0.6) is 5.88 Å². The number of fused-ring (bicyclic) bond motifs is 1. The molecule has 21 heavy (non-hydrogen) atoms. The third-order valence-corrected chi connectivity index (χ3v) is 4.10. The van der Waals surface area contributed by atoms with Crippen LogP contribution < -0.4 is 10.5 Å². The van der Waals surface area contributed by atoms with E-state index in [0.717, 1.165) is 38.2 Å². The summed E-state index contributed by atoms with van der Waals surface area (Å²) in [6, 6.07) is 2.00. The Kier molecular flexibility index (Phi) is 5.56. The van der Waals surface area contributed by atoms with Crippen molar-refractivity contribution in [1.82, 2.24) is 9.88 Å². The number of pyridine rings is 1. The minimum Gasteiger partial charge on any atom is -0.476 e. The first-order chi connectivity index (χ1) is 10.2. The molecule has 0 saturated heterocycles. The van der Waals surface area contributed by atoms with Gasteiger partial charge >= 0.3 is 0 Å². The fraction of sp³-hybridized carbons (Fsp3) is 0.625. The zero-order valence-corrected chi connectivity index (χ0v) is 13.1. The van der Waals surface area contributed by atoms with E-state index >= 15 is 0 Å². The zero-order valence-electron chi connectivity index (χ0n) is 13.1. The van der Waals surface area contributed by atoms with E-state index in [1.165, 1.54) is 18.4 Å². The number of ether oxygens (including phenoxy) is 1. The lowest BCUT2D eigenvalue weighted by molar-refractivity contribution is 0.217. The number of aryl methyl sites for hydroxylation is 2. The molecule has 0 bridgehead atoms. The lowest BCUT2D eigenvalue weighted by Gasteiger charge is -2.20. The van der Waals surface area contributed by atoms with Crippen molar-refractivity contribution >= 4 is 5.84 Å². The molecule has 116 valence electrons. The quantitative estimate of drug-likeness (QED) is 0.594. The summed E-state index contributed by atoms with van der Waals surface area (Å²) in [6.07, 6.45) is 4.40. The highest BCUT2D eigenvalue weighted by Gasteiger charge is 2.17. The highest BCUT2D eigenvalue weighted by molar-refractivity contribution is 5.97. The third-order valence-electron chi connectivity index (χ3n) is 4.10. The average molecular weight is 290 g/mol. The van der Waals surface area contributed by atoms with Crippen LogP contribution in [0.1, 0.15) is 43.5 Å². The molecule has 1 aliphatic carbocycles. The first-order valence-corrected chi connectivity index (χ1v) is 7.88. The summed E-state index contributed by atoms with van der Waals surface area (Å²) in [5, 5.41) is 7.73. The Morgan fingerprint density at radius 3 is 2.71 bits per heavy atom. The van der Waals surface area contributed by atoms with Crippen LogP contribution in [0, 0.1) is 5.41 Å². The van der Waals surface area contributed by atoms with Crippen molar-refractivity contribution in [1.29, 1.82) is 5.41 Å². The lowest BCUT2D eigenvalue weighted by Crippen LogP contribution is -2.28. The summed E-state index contributed by atoms with van der Waals surface area (Å²) >= 11 is 0. The summed E-state index contributed by atoms with van der Waals surface area (Å²) in [5.74, 6) is 0.559. The number of nitrogens with two attached hydrogens (primary N) is 1. The van der Waals surface area contributed by atoms with Crippen molar-refractivity contribution in [2.45, 2.75) is 39.5 Å². The molecule has 0 fully saturated rings. The average Bonchev–Trinajstić information content (AvgIpc) is 2.50. The zero-order chi connectivity index (χ0) is 15.2. The summed E-state index contributed by atoms with van der Waals surface area (Å²) in [6.45, 7) is 7.74. The van der Waals surface area contributed by atoms with Gasteiger partial charge in [0, 0.05) is 12.2 Å². The number of rotatable bonds is 7. The van der Waals surface area contributed by atoms with E-state index in [4.69, 9.17) is 15.9 Å². The summed E-state index contributed by atoms with van der Waals surface area (Å²) in [5.41, 5.74) is 8.66. The maximum absolute atomic E-state index is 7.73. The van der Waals surface area contributed by atoms with Crippen molar-refractivity contribution in [2.24, 2.45) is 5.73 Å². The normalized spacial score (nSPS) is 14.0. The van der Waals surface area contributed by atoms with Gasteiger partial charge in [0.25, 0.3) is 0 Å². The van der Waals surface area contributed by atoms with Crippen molar-refractivity contribution in [2.75, 3.05) is 26.2 Å². The molecule has 0 aliphatic heterocycles. The molecule has 5 heteroatoms. The molecule has 5 nitrogen and oxygen atoms in total. The van der Waals surface area contributed by atoms with Crippen LogP contribution in [-0.4, -0.2) is 42.0 Å². The van der Waals surface area contributed by atoms with Gasteiger partial charge in [-0.15, -0.1) is 0 Å². The molecule has 2 rings (SSSR count). The molecule has 1 aromatic rings. The molecule has 0 spiro atoms. The van der Waals surface area contributed by atoms with Crippen LogP contribution in [0.2, 0.25) is 0 Å². The van der Waals surface area contributed by atoms with Crippen LogP contribution in [-0.2, 0) is 12.8 Å². The molecule has 0 saturated carbocycles. The van der Waals surface area contributed by atoms with Gasteiger partial charge in [-0.25, -0.2) is 4.98 Å². The maximum Gasteiger partial charge on any atom is 0.224 e. The number of hydrogen-bond donors (Lipinski definition) is 2. The Labute approximate surface area is 127 Å². The van der Waals surface area contributed by atoms with E-state index in [-0.39, 0.29) is 5.84 Å². The van der Waals surface area contributed by atoms with Gasteiger partial charge in [-0.1, -0.05) is 13.8 Å². The first kappa shape index (κ1) is 15.8. The van der Waals surface area contributed by atoms with Crippen molar-refractivity contribution in [3.05, 3.63) is 22.9 Å². The number of likely N-dealkylation sites (N-methyl/N-ethyl adjacent to an activating group) is 1. The van der Waals surface area contributed by atoms with E-state index < -0.39 is 0 Å². The van der Waals surface area contributed by atoms with E-state index in [9.17, 15) is 0 Å². The molecule has 0 amide bonds. The highest BCUT2D eigenvalue weighted by Crippen LogP contribution is 2.25. The largest absolute Gasteiger partial charge is 0.476 e. The van der Waals surface area contributed by atoms with Crippen LogP contribution in [0.25, 0.3) is 0 Å². The molecule has 0 aromatic carbocycles. The molecular formula is C16H26N4O. The fourth-order valence-electron chi connectivity index (χ4n) is 2.73. The molecule has 3 N–H and O–H groups in total. The molecule has 0 unspecified atom stereocenters. The Hall–Kier alpha value is -1.62. The van der Waals surface area contributed by atoms with Crippen LogP contribution >= 0.6 is 0 Å². The van der Waals surface area contributed by atoms with Crippen LogP contribution in [0.3, 0.4) is 0 Å². The third kappa shape index (κ3) is 3.94. The van der Waals surface area contributed by atoms with E-state index in [2.05, 4.69) is 23.7 Å². The van der Waals surface area contributed by atoms with Crippen molar-refractivity contribution < 1.29 is 4.74 Å². The second-order valence-electron chi connectivity index (χ2n) is 5.44. The predicted molar refractivity (Wildman–Crippen MR) is 85.2 cm³/mol. The number of nitrogens with one attached hydrogen (secondary N) is 1. The molecule has 1 aromatic heterocycles. The number of aromatic nitrogens is 1. The van der Waals surface area contributed by atoms with Gasteiger partial charge < -0.3 is 15.4 Å². The van der Waals surface area contributed by atoms with Gasteiger partial charge in [-0.05, 0) is 50.4 Å². The molecule has 0 atom stereocenters. The Bertz CT molecular complexity index is 497. The lowest BCUT2D eigenvalue weighted by atomic mass is 9.95. The van der Waals surface area contributed by atoms with Crippen molar-refractivity contribution in [3.8, 4) is 5.88 Å². The minimum absolute atomic E-state index is 0.0358. The molecule has 0 radical (unpaired) electrons. The second-order valence-corrected chi connectivity index (χ2v) is 5.44. The Balaban J connectivity index is 2.11. The van der Waals surface area contributed by atoms with Gasteiger partial charge in [0.15, 0.2) is 0 Å². The van der Waals surface area contributed by atoms with Crippen molar-refractivity contribution in [3.63, 3.8) is 0 Å².